The number of methoxy groups -OCH3 is 1. The van der Waals surface area contributed by atoms with Crippen molar-refractivity contribution in [2.75, 3.05) is 26.8 Å². The van der Waals surface area contributed by atoms with Crippen molar-refractivity contribution in [3.05, 3.63) is 17.5 Å². The van der Waals surface area contributed by atoms with Crippen molar-refractivity contribution >= 4 is 38.6 Å². The Morgan fingerprint density at radius 2 is 2.28 bits per heavy atom. The second-order valence-corrected chi connectivity index (χ2v) is 7.18. The molecule has 1 aromatic rings. The van der Waals surface area contributed by atoms with Crippen LogP contribution in [0.5, 0.6) is 0 Å². The minimum absolute atomic E-state index is 0.277. The van der Waals surface area contributed by atoms with Crippen LogP contribution < -0.4 is 5.73 Å². The summed E-state index contributed by atoms with van der Waals surface area (Å²) in [6, 6.07) is 3.29. The molecule has 5 nitrogen and oxygen atoms in total. The quantitative estimate of drug-likeness (QED) is 0.727. The highest BCUT2D eigenvalue weighted by molar-refractivity contribution is 7.91. The van der Waals surface area contributed by atoms with E-state index in [1.807, 2.05) is 0 Å². The molecule has 0 unspecified atom stereocenters. The van der Waals surface area contributed by atoms with Crippen LogP contribution in [-0.4, -0.2) is 44.5 Å². The molecule has 0 spiro atoms. The van der Waals surface area contributed by atoms with Crippen LogP contribution in [0.4, 0.5) is 0 Å². The van der Waals surface area contributed by atoms with E-state index in [1.54, 1.807) is 17.5 Å². The van der Waals surface area contributed by atoms with Crippen LogP contribution in [0.25, 0.3) is 0 Å². The Balaban J connectivity index is 2.84. The summed E-state index contributed by atoms with van der Waals surface area (Å²) in [5.41, 5.74) is 5.41. The molecule has 0 aliphatic rings. The highest BCUT2D eigenvalue weighted by atomic mass is 32.2. The average Bonchev–Trinajstić information content (AvgIpc) is 2.82. The van der Waals surface area contributed by atoms with E-state index in [9.17, 15) is 8.42 Å². The van der Waals surface area contributed by atoms with Crippen molar-refractivity contribution in [2.45, 2.75) is 10.6 Å². The number of thiophene rings is 1. The smallest absolute Gasteiger partial charge is 0.252 e. The van der Waals surface area contributed by atoms with Crippen LogP contribution in [-0.2, 0) is 14.8 Å². The van der Waals surface area contributed by atoms with E-state index >= 15 is 0 Å². The van der Waals surface area contributed by atoms with E-state index in [0.29, 0.717) is 28.8 Å². The first kappa shape index (κ1) is 15.5. The van der Waals surface area contributed by atoms with E-state index in [0.717, 1.165) is 0 Å². The third-order valence-corrected chi connectivity index (χ3v) is 5.72. The molecular weight excluding hydrogens is 292 g/mol. The first-order valence-electron chi connectivity index (χ1n) is 5.29. The summed E-state index contributed by atoms with van der Waals surface area (Å²) in [6.45, 7) is 0.903. The van der Waals surface area contributed by atoms with Crippen molar-refractivity contribution in [3.8, 4) is 0 Å². The van der Waals surface area contributed by atoms with Gasteiger partial charge in [-0.15, -0.1) is 11.3 Å². The average molecular weight is 308 g/mol. The Morgan fingerprint density at radius 3 is 2.78 bits per heavy atom. The predicted molar refractivity (Wildman–Crippen MR) is 76.4 cm³/mol. The maximum Gasteiger partial charge on any atom is 0.252 e. The molecule has 0 saturated heterocycles. The number of thiocarbonyl (C=S) groups is 1. The summed E-state index contributed by atoms with van der Waals surface area (Å²) < 4.78 is 31.2. The van der Waals surface area contributed by atoms with E-state index in [-0.39, 0.29) is 6.54 Å². The van der Waals surface area contributed by atoms with Gasteiger partial charge < -0.3 is 10.5 Å². The molecule has 1 aromatic heterocycles. The molecule has 18 heavy (non-hydrogen) atoms. The lowest BCUT2D eigenvalue weighted by molar-refractivity contribution is 0.180. The summed E-state index contributed by atoms with van der Waals surface area (Å²) in [5.74, 6) is 0. The number of nitrogens with two attached hydrogens (primary N) is 1. The van der Waals surface area contributed by atoms with E-state index in [1.165, 1.54) is 22.8 Å². The van der Waals surface area contributed by atoms with Gasteiger partial charge in [-0.1, -0.05) is 18.3 Å². The summed E-state index contributed by atoms with van der Waals surface area (Å²) in [7, 11) is -1.94. The third-order valence-electron chi connectivity index (χ3n) is 2.24. The summed E-state index contributed by atoms with van der Waals surface area (Å²) >= 11 is 5.97. The summed E-state index contributed by atoms with van der Waals surface area (Å²) in [6.07, 6.45) is 0.365. The largest absolute Gasteiger partial charge is 0.393 e. The Kier molecular flexibility index (Phi) is 6.16. The van der Waals surface area contributed by atoms with Gasteiger partial charge >= 0.3 is 0 Å². The topological polar surface area (TPSA) is 72.6 Å². The zero-order chi connectivity index (χ0) is 13.6. The second-order valence-electron chi connectivity index (χ2n) is 3.55. The maximum absolute atomic E-state index is 12.3. The number of hydrogen-bond donors (Lipinski definition) is 1. The fourth-order valence-corrected chi connectivity index (χ4v) is 3.98. The van der Waals surface area contributed by atoms with Crippen molar-refractivity contribution in [1.82, 2.24) is 4.31 Å². The molecule has 0 saturated carbocycles. The lowest BCUT2D eigenvalue weighted by atomic mass is 10.4. The summed E-state index contributed by atoms with van der Waals surface area (Å²) in [4.78, 5) is 0.304. The fourth-order valence-electron chi connectivity index (χ4n) is 1.32. The molecule has 0 radical (unpaired) electrons. The number of ether oxygens (including phenoxy) is 1. The molecule has 0 fully saturated rings. The highest BCUT2D eigenvalue weighted by Gasteiger charge is 2.24. The van der Waals surface area contributed by atoms with Gasteiger partial charge in [0.25, 0.3) is 10.0 Å². The van der Waals surface area contributed by atoms with Gasteiger partial charge in [0, 0.05) is 26.6 Å². The number of sulfonamides is 1. The summed E-state index contributed by atoms with van der Waals surface area (Å²) in [5, 5.41) is 1.73. The molecule has 0 aliphatic heterocycles. The molecule has 8 heteroatoms. The third kappa shape index (κ3) is 4.29. The van der Waals surface area contributed by atoms with Crippen LogP contribution in [0.2, 0.25) is 0 Å². The highest BCUT2D eigenvalue weighted by Crippen LogP contribution is 2.20. The Hall–Kier alpha value is -0.540. The molecule has 2 N–H and O–H groups in total. The van der Waals surface area contributed by atoms with Crippen molar-refractivity contribution in [2.24, 2.45) is 5.73 Å². The number of hydrogen-bond acceptors (Lipinski definition) is 5. The van der Waals surface area contributed by atoms with Gasteiger partial charge in [-0.3, -0.25) is 0 Å². The van der Waals surface area contributed by atoms with E-state index in [2.05, 4.69) is 0 Å². The first-order chi connectivity index (χ1) is 8.48. The van der Waals surface area contributed by atoms with Gasteiger partial charge in [-0.25, -0.2) is 8.42 Å². The molecule has 0 aromatic carbocycles. The Labute approximate surface area is 117 Å². The van der Waals surface area contributed by atoms with Gasteiger partial charge in [0.05, 0.1) is 11.6 Å². The first-order valence-corrected chi connectivity index (χ1v) is 8.02. The molecule has 0 amide bonds. The van der Waals surface area contributed by atoms with Crippen LogP contribution in [0, 0.1) is 0 Å². The lowest BCUT2D eigenvalue weighted by Gasteiger charge is -2.20. The monoisotopic (exact) mass is 308 g/mol. The molecule has 0 aliphatic carbocycles. The molecule has 1 rings (SSSR count). The number of rotatable bonds is 8. The molecule has 1 heterocycles. The van der Waals surface area contributed by atoms with Gasteiger partial charge in [-0.2, -0.15) is 4.31 Å². The number of nitrogens with zero attached hydrogens (tertiary/aromatic N) is 1. The zero-order valence-electron chi connectivity index (χ0n) is 10.0. The van der Waals surface area contributed by atoms with Crippen LogP contribution in [0.3, 0.4) is 0 Å². The Bertz CT molecular complexity index is 471. The van der Waals surface area contributed by atoms with Crippen LogP contribution >= 0.6 is 23.6 Å². The van der Waals surface area contributed by atoms with Crippen LogP contribution in [0.1, 0.15) is 6.42 Å². The van der Waals surface area contributed by atoms with E-state index < -0.39 is 10.0 Å². The Morgan fingerprint density at radius 1 is 1.56 bits per heavy atom. The minimum Gasteiger partial charge on any atom is -0.393 e. The van der Waals surface area contributed by atoms with Crippen molar-refractivity contribution < 1.29 is 13.2 Å². The molecule has 0 atom stereocenters. The lowest BCUT2D eigenvalue weighted by Crippen LogP contribution is -2.35. The normalized spacial score (nSPS) is 11.9. The molecule has 0 bridgehead atoms. The minimum atomic E-state index is -3.47. The standard InChI is InChI=1S/C10H16N2O3S3/c1-15-7-6-12(5-4-9(11)16)18(13,14)10-3-2-8-17-10/h2-3,8H,4-7H2,1H3,(H2,11,16). The predicted octanol–water partition coefficient (Wildman–Crippen LogP) is 1.06. The fraction of sp³-hybridized carbons (Fsp3) is 0.500. The van der Waals surface area contributed by atoms with Gasteiger partial charge in [0.2, 0.25) is 0 Å². The van der Waals surface area contributed by atoms with Gasteiger partial charge in [0.15, 0.2) is 0 Å². The van der Waals surface area contributed by atoms with Gasteiger partial charge in [-0.05, 0) is 11.4 Å². The van der Waals surface area contributed by atoms with Crippen molar-refractivity contribution in [1.29, 1.82) is 0 Å². The zero-order valence-corrected chi connectivity index (χ0v) is 12.5. The molecular formula is C10H16N2O3S3. The second kappa shape index (κ2) is 7.15. The van der Waals surface area contributed by atoms with E-state index in [4.69, 9.17) is 22.7 Å². The van der Waals surface area contributed by atoms with Crippen LogP contribution in [0.15, 0.2) is 21.7 Å². The molecule has 102 valence electrons. The van der Waals surface area contributed by atoms with Gasteiger partial charge in [0.1, 0.15) is 4.21 Å². The maximum atomic E-state index is 12.3. The van der Waals surface area contributed by atoms with Crippen molar-refractivity contribution in [3.63, 3.8) is 0 Å². The SMILES string of the molecule is COCCN(CCC(N)=S)S(=O)(=O)c1cccs1.